The van der Waals surface area contributed by atoms with E-state index in [1.54, 1.807) is 0 Å². The number of non-ortho nitro benzene ring substituents is 1. The Hall–Kier alpha value is -1.62. The predicted octanol–water partition coefficient (Wildman–Crippen LogP) is 1.66. The molecule has 23 heavy (non-hydrogen) atoms. The lowest BCUT2D eigenvalue weighted by Gasteiger charge is -2.11. The van der Waals surface area contributed by atoms with Crippen LogP contribution in [0.4, 0.5) is 5.69 Å². The minimum absolute atomic E-state index is 0. The lowest BCUT2D eigenvalue weighted by molar-refractivity contribution is -0.384. The number of aliphatic hydroxyl groups is 1. The van der Waals surface area contributed by atoms with Gasteiger partial charge in [-0.1, -0.05) is 13.3 Å². The molecular formula is C14H23IN4O4. The second-order valence-electron chi connectivity index (χ2n) is 4.72. The van der Waals surface area contributed by atoms with Crippen LogP contribution < -0.4 is 15.8 Å². The first-order valence-electron chi connectivity index (χ1n) is 7.12. The minimum Gasteiger partial charge on any atom is -0.491 e. The highest BCUT2D eigenvalue weighted by molar-refractivity contribution is 14.0. The monoisotopic (exact) mass is 438 g/mol. The van der Waals surface area contributed by atoms with Gasteiger partial charge >= 0.3 is 0 Å². The summed E-state index contributed by atoms with van der Waals surface area (Å²) in [5.74, 6) is 0.741. The average Bonchev–Trinajstić information content (AvgIpc) is 2.51. The van der Waals surface area contributed by atoms with Gasteiger partial charge in [-0.05, 0) is 18.6 Å². The molecule has 0 bridgehead atoms. The van der Waals surface area contributed by atoms with Crippen molar-refractivity contribution in [2.75, 3.05) is 19.7 Å². The number of nitrogens with zero attached hydrogens (tertiary/aromatic N) is 2. The molecule has 0 radical (unpaired) electrons. The number of nitrogens with one attached hydrogen (secondary N) is 1. The molecule has 0 saturated heterocycles. The van der Waals surface area contributed by atoms with Crippen molar-refractivity contribution in [2.24, 2.45) is 10.7 Å². The van der Waals surface area contributed by atoms with Gasteiger partial charge in [0, 0.05) is 18.7 Å². The summed E-state index contributed by atoms with van der Waals surface area (Å²) < 4.78 is 5.33. The molecule has 0 amide bonds. The topological polar surface area (TPSA) is 123 Å². The third-order valence-electron chi connectivity index (χ3n) is 2.80. The zero-order chi connectivity index (χ0) is 16.4. The Labute approximate surface area is 152 Å². The number of nitrogens with two attached hydrogens (primary N) is 1. The number of guanidine groups is 1. The van der Waals surface area contributed by atoms with Crippen LogP contribution in [0.1, 0.15) is 19.8 Å². The standard InChI is InChI=1S/C14H22N4O4.HI/c1-2-3-8-16-14(15)17-9-12(19)10-22-13-6-4-11(5-7-13)18(20)21;/h4-7,12,19H,2-3,8-10H2,1H3,(H3,15,16,17);1H. The zero-order valence-electron chi connectivity index (χ0n) is 13.0. The Bertz CT molecular complexity index is 496. The van der Waals surface area contributed by atoms with Gasteiger partial charge in [-0.25, -0.2) is 0 Å². The van der Waals surface area contributed by atoms with Crippen LogP contribution in [0.5, 0.6) is 5.75 Å². The average molecular weight is 438 g/mol. The number of ether oxygens (including phenoxy) is 1. The Morgan fingerprint density at radius 3 is 2.70 bits per heavy atom. The number of benzene rings is 1. The van der Waals surface area contributed by atoms with Crippen molar-refractivity contribution in [2.45, 2.75) is 25.9 Å². The molecule has 0 aliphatic carbocycles. The van der Waals surface area contributed by atoms with E-state index in [9.17, 15) is 15.2 Å². The number of hydrogen-bond acceptors (Lipinski definition) is 5. The quantitative estimate of drug-likeness (QED) is 0.135. The van der Waals surface area contributed by atoms with Gasteiger partial charge in [0.2, 0.25) is 0 Å². The van der Waals surface area contributed by atoms with E-state index in [1.807, 2.05) is 0 Å². The van der Waals surface area contributed by atoms with Gasteiger partial charge < -0.3 is 20.9 Å². The van der Waals surface area contributed by atoms with Gasteiger partial charge in [0.05, 0.1) is 11.5 Å². The number of halogens is 1. The number of unbranched alkanes of at least 4 members (excludes halogenated alkanes) is 1. The molecule has 0 aliphatic rings. The van der Waals surface area contributed by atoms with E-state index in [0.717, 1.165) is 19.4 Å². The molecule has 4 N–H and O–H groups in total. The molecule has 1 rings (SSSR count). The maximum atomic E-state index is 10.5. The van der Waals surface area contributed by atoms with Gasteiger partial charge in [-0.15, -0.1) is 24.0 Å². The molecule has 130 valence electrons. The third-order valence-corrected chi connectivity index (χ3v) is 2.80. The highest BCUT2D eigenvalue weighted by atomic mass is 127. The fraction of sp³-hybridized carbons (Fsp3) is 0.500. The summed E-state index contributed by atoms with van der Waals surface area (Å²) in [6.45, 7) is 2.98. The number of nitro benzene ring substituents is 1. The Morgan fingerprint density at radius 2 is 2.13 bits per heavy atom. The van der Waals surface area contributed by atoms with E-state index in [2.05, 4.69) is 17.2 Å². The predicted molar refractivity (Wildman–Crippen MR) is 99.4 cm³/mol. The van der Waals surface area contributed by atoms with Crippen LogP contribution in [0.25, 0.3) is 0 Å². The van der Waals surface area contributed by atoms with Gasteiger partial charge in [0.25, 0.3) is 5.69 Å². The molecular weight excluding hydrogens is 415 g/mol. The number of hydrogen-bond donors (Lipinski definition) is 3. The first-order chi connectivity index (χ1) is 10.5. The summed E-state index contributed by atoms with van der Waals surface area (Å²) in [4.78, 5) is 14.0. The van der Waals surface area contributed by atoms with Crippen LogP contribution >= 0.6 is 24.0 Å². The van der Waals surface area contributed by atoms with E-state index in [4.69, 9.17) is 10.5 Å². The van der Waals surface area contributed by atoms with Crippen LogP contribution in [0.15, 0.2) is 29.3 Å². The number of nitro groups is 1. The molecule has 8 nitrogen and oxygen atoms in total. The lowest BCUT2D eigenvalue weighted by atomic mass is 10.3. The molecule has 0 spiro atoms. The molecule has 0 aromatic heterocycles. The molecule has 0 aliphatic heterocycles. The normalized spacial score (nSPS) is 12.2. The highest BCUT2D eigenvalue weighted by Gasteiger charge is 2.07. The molecule has 1 unspecified atom stereocenters. The van der Waals surface area contributed by atoms with Crippen molar-refractivity contribution < 1.29 is 14.8 Å². The van der Waals surface area contributed by atoms with Crippen LogP contribution in [-0.2, 0) is 0 Å². The van der Waals surface area contributed by atoms with E-state index < -0.39 is 11.0 Å². The van der Waals surface area contributed by atoms with E-state index >= 15 is 0 Å². The summed E-state index contributed by atoms with van der Waals surface area (Å²) in [7, 11) is 0. The third kappa shape index (κ3) is 9.18. The highest BCUT2D eigenvalue weighted by Crippen LogP contribution is 2.17. The maximum absolute atomic E-state index is 10.5. The number of aliphatic hydroxyl groups excluding tert-OH is 1. The SMILES string of the molecule is CCCCNC(N)=NCC(O)COc1ccc([N+](=O)[O-])cc1.I. The van der Waals surface area contributed by atoms with E-state index in [-0.39, 0.29) is 42.8 Å². The van der Waals surface area contributed by atoms with Crippen LogP contribution in [0, 0.1) is 10.1 Å². The summed E-state index contributed by atoms with van der Waals surface area (Å²) >= 11 is 0. The Kier molecular flexibility index (Phi) is 11.0. The van der Waals surface area contributed by atoms with Gasteiger partial charge in [-0.2, -0.15) is 0 Å². The van der Waals surface area contributed by atoms with Crippen molar-refractivity contribution >= 4 is 35.6 Å². The summed E-state index contributed by atoms with van der Waals surface area (Å²) in [5.41, 5.74) is 5.63. The summed E-state index contributed by atoms with van der Waals surface area (Å²) in [6, 6.07) is 5.65. The van der Waals surface area contributed by atoms with E-state index in [1.165, 1.54) is 24.3 Å². The molecule has 0 saturated carbocycles. The van der Waals surface area contributed by atoms with Crippen molar-refractivity contribution in [3.05, 3.63) is 34.4 Å². The minimum atomic E-state index is -0.804. The Balaban J connectivity index is 0.00000484. The molecule has 1 aromatic rings. The number of aliphatic imine (C=N–C) groups is 1. The fourth-order valence-electron chi connectivity index (χ4n) is 1.56. The first kappa shape index (κ1) is 21.4. The summed E-state index contributed by atoms with van der Waals surface area (Å²) in [5, 5.41) is 23.2. The molecule has 1 atom stereocenters. The fourth-order valence-corrected chi connectivity index (χ4v) is 1.56. The maximum Gasteiger partial charge on any atom is 0.269 e. The molecule has 9 heteroatoms. The lowest BCUT2D eigenvalue weighted by Crippen LogP contribution is -2.34. The molecule has 0 fully saturated rings. The van der Waals surface area contributed by atoms with Crippen molar-refractivity contribution in [1.82, 2.24) is 5.32 Å². The van der Waals surface area contributed by atoms with Gasteiger partial charge in [0.1, 0.15) is 18.5 Å². The van der Waals surface area contributed by atoms with Crippen molar-refractivity contribution in [3.63, 3.8) is 0 Å². The number of rotatable bonds is 9. The zero-order valence-corrected chi connectivity index (χ0v) is 15.3. The first-order valence-corrected chi connectivity index (χ1v) is 7.12. The summed E-state index contributed by atoms with van der Waals surface area (Å²) in [6.07, 6.45) is 1.26. The smallest absolute Gasteiger partial charge is 0.269 e. The van der Waals surface area contributed by atoms with E-state index in [0.29, 0.717) is 11.7 Å². The van der Waals surface area contributed by atoms with Crippen LogP contribution in [-0.4, -0.2) is 41.8 Å². The molecule has 0 heterocycles. The van der Waals surface area contributed by atoms with Crippen LogP contribution in [0.2, 0.25) is 0 Å². The Morgan fingerprint density at radius 1 is 1.48 bits per heavy atom. The van der Waals surface area contributed by atoms with Gasteiger partial charge in [-0.3, -0.25) is 15.1 Å². The van der Waals surface area contributed by atoms with Crippen molar-refractivity contribution in [1.29, 1.82) is 0 Å². The largest absolute Gasteiger partial charge is 0.491 e. The second kappa shape index (κ2) is 11.9. The van der Waals surface area contributed by atoms with Gasteiger partial charge in [0.15, 0.2) is 5.96 Å². The van der Waals surface area contributed by atoms with Crippen molar-refractivity contribution in [3.8, 4) is 5.75 Å². The second-order valence-corrected chi connectivity index (χ2v) is 4.72. The molecule has 1 aromatic carbocycles. The van der Waals surface area contributed by atoms with Crippen LogP contribution in [0.3, 0.4) is 0 Å².